The van der Waals surface area contributed by atoms with Crippen molar-refractivity contribution in [2.24, 2.45) is 5.73 Å². The number of hydrogen-bond donors (Lipinski definition) is 3. The van der Waals surface area contributed by atoms with Crippen molar-refractivity contribution < 1.29 is 19.5 Å². The lowest BCUT2D eigenvalue weighted by Crippen LogP contribution is -2.59. The van der Waals surface area contributed by atoms with Gasteiger partial charge in [-0.2, -0.15) is 5.48 Å². The molecule has 10 nitrogen and oxygen atoms in total. The molecule has 1 aromatic rings. The van der Waals surface area contributed by atoms with E-state index >= 15 is 0 Å². The maximum Gasteiger partial charge on any atom is 0.270 e. The number of primary amides is 1. The molecule has 0 aliphatic carbocycles. The molecule has 4 rings (SSSR count). The van der Waals surface area contributed by atoms with Crippen LogP contribution < -0.4 is 16.6 Å². The third-order valence-corrected chi connectivity index (χ3v) is 6.15. The first-order valence-corrected chi connectivity index (χ1v) is 8.87. The van der Waals surface area contributed by atoms with Gasteiger partial charge in [-0.3, -0.25) is 19.2 Å². The van der Waals surface area contributed by atoms with Crippen molar-refractivity contribution in [1.29, 1.82) is 0 Å². The molecule has 0 radical (unpaired) electrons. The van der Waals surface area contributed by atoms with E-state index < -0.39 is 29.0 Å². The Kier molecular flexibility index (Phi) is 3.77. The van der Waals surface area contributed by atoms with Crippen LogP contribution in [0.5, 0.6) is 0 Å². The van der Waals surface area contributed by atoms with Crippen LogP contribution in [0.2, 0.25) is 0 Å². The van der Waals surface area contributed by atoms with E-state index in [1.165, 1.54) is 6.20 Å². The van der Waals surface area contributed by atoms with E-state index in [-0.39, 0.29) is 23.2 Å². The molecule has 3 aliphatic heterocycles. The van der Waals surface area contributed by atoms with Crippen LogP contribution in [0.15, 0.2) is 17.1 Å². The fraction of sp³-hybridized carbons (Fsp3) is 0.588. The maximum absolute atomic E-state index is 13.0. The first-order valence-electron chi connectivity index (χ1n) is 8.87. The first-order chi connectivity index (χ1) is 12.6. The van der Waals surface area contributed by atoms with Crippen LogP contribution in [0.1, 0.15) is 53.6 Å². The Labute approximate surface area is 155 Å². The fourth-order valence-electron chi connectivity index (χ4n) is 4.35. The molecular weight excluding hydrogens is 354 g/mol. The van der Waals surface area contributed by atoms with Crippen LogP contribution in [0.4, 0.5) is 0 Å². The molecule has 4 unspecified atom stereocenters. The van der Waals surface area contributed by atoms with Crippen LogP contribution in [-0.2, 0) is 4.84 Å². The largest absolute Gasteiger partial charge is 0.365 e. The second-order valence-electron chi connectivity index (χ2n) is 7.70. The van der Waals surface area contributed by atoms with Crippen LogP contribution >= 0.6 is 0 Å². The predicted octanol–water partition coefficient (Wildman–Crippen LogP) is -1.04. The van der Waals surface area contributed by atoms with E-state index in [0.29, 0.717) is 19.4 Å². The zero-order valence-electron chi connectivity index (χ0n) is 15.4. The number of hydrogen-bond acceptors (Lipinski definition) is 7. The molecule has 4 N–H and O–H groups in total. The minimum Gasteiger partial charge on any atom is -0.365 e. The summed E-state index contributed by atoms with van der Waals surface area (Å²) in [4.78, 5) is 46.2. The molecule has 4 heterocycles. The number of likely N-dealkylation sites (N-methyl/N-ethyl adjacent to an activating group) is 1. The number of nitrogens with zero attached hydrogens (tertiary/aromatic N) is 3. The van der Waals surface area contributed by atoms with E-state index in [1.54, 1.807) is 28.3 Å². The Bertz CT molecular complexity index is 896. The molecule has 10 heteroatoms. The van der Waals surface area contributed by atoms with Crippen molar-refractivity contribution >= 4 is 11.8 Å². The minimum atomic E-state index is -1.41. The van der Waals surface area contributed by atoms with E-state index in [1.807, 2.05) is 6.92 Å². The Balaban J connectivity index is 1.96. The zero-order chi connectivity index (χ0) is 19.7. The third-order valence-electron chi connectivity index (χ3n) is 6.15. The van der Waals surface area contributed by atoms with Crippen molar-refractivity contribution in [2.75, 3.05) is 13.6 Å². The van der Waals surface area contributed by atoms with Gasteiger partial charge in [-0.25, -0.2) is 4.90 Å². The summed E-state index contributed by atoms with van der Waals surface area (Å²) in [6.07, 6.45) is 2.51. The first kappa shape index (κ1) is 18.1. The molecule has 1 aromatic heterocycles. The van der Waals surface area contributed by atoms with Crippen molar-refractivity contribution in [3.05, 3.63) is 33.7 Å². The molecule has 27 heavy (non-hydrogen) atoms. The van der Waals surface area contributed by atoms with Crippen LogP contribution in [0.3, 0.4) is 0 Å². The molecule has 0 aromatic carbocycles. The molecular formula is C17H23N5O5. The number of rotatable bonds is 1. The molecule has 2 fully saturated rings. The number of carbonyl (C=O) groups excluding carboxylic acids is 2. The van der Waals surface area contributed by atoms with Crippen LogP contribution in [-0.4, -0.2) is 62.5 Å². The zero-order valence-corrected chi connectivity index (χ0v) is 15.4. The van der Waals surface area contributed by atoms with Crippen molar-refractivity contribution in [3.8, 4) is 0 Å². The van der Waals surface area contributed by atoms with Gasteiger partial charge in [0.25, 0.3) is 11.8 Å². The molecule has 3 aliphatic rings. The second-order valence-corrected chi connectivity index (χ2v) is 7.70. The number of pyridine rings is 1. The van der Waals surface area contributed by atoms with Gasteiger partial charge in [0, 0.05) is 24.8 Å². The van der Waals surface area contributed by atoms with Crippen molar-refractivity contribution in [2.45, 2.75) is 50.3 Å². The molecule has 4 atom stereocenters. The highest BCUT2D eigenvalue weighted by atomic mass is 16.7. The SMILES string of the molecule is CC1CCC2(ONC(C)(O)N2C)C2CN1C(=O)c1cc(=O)c(C(N)=O)cn12. The quantitative estimate of drug-likeness (QED) is 0.570. The van der Waals surface area contributed by atoms with E-state index in [0.717, 1.165) is 6.07 Å². The highest BCUT2D eigenvalue weighted by molar-refractivity contribution is 5.96. The third kappa shape index (κ3) is 2.37. The standard InChI is InChI=1S/C17H23N5O5/c1-9-4-5-17(20(3)16(2,26)19-27-17)13-8-21(9)15(25)11-6-12(23)10(14(18)24)7-22(11)13/h6-7,9,13,19,26H,4-5,8H2,1-3H3,(H2,18,24). The Morgan fingerprint density at radius 1 is 1.44 bits per heavy atom. The fourth-order valence-corrected chi connectivity index (χ4v) is 4.35. The van der Waals surface area contributed by atoms with Gasteiger partial charge in [-0.15, -0.1) is 0 Å². The van der Waals surface area contributed by atoms with Crippen molar-refractivity contribution in [3.63, 3.8) is 0 Å². The van der Waals surface area contributed by atoms with Gasteiger partial charge in [-0.1, -0.05) is 0 Å². The van der Waals surface area contributed by atoms with E-state index in [9.17, 15) is 19.5 Å². The highest BCUT2D eigenvalue weighted by Gasteiger charge is 2.60. The summed E-state index contributed by atoms with van der Waals surface area (Å²) < 4.78 is 1.60. The van der Waals surface area contributed by atoms with Crippen LogP contribution in [0, 0.1) is 0 Å². The summed E-state index contributed by atoms with van der Waals surface area (Å²) in [5.41, 5.74) is 6.41. The van der Waals surface area contributed by atoms with E-state index in [4.69, 9.17) is 10.6 Å². The molecule has 2 saturated heterocycles. The van der Waals surface area contributed by atoms with Gasteiger partial charge >= 0.3 is 0 Å². The summed E-state index contributed by atoms with van der Waals surface area (Å²) >= 11 is 0. The lowest BCUT2D eigenvalue weighted by Gasteiger charge is -2.45. The number of aliphatic hydroxyl groups is 1. The summed E-state index contributed by atoms with van der Waals surface area (Å²) in [5, 5.41) is 10.6. The lowest BCUT2D eigenvalue weighted by atomic mass is 9.94. The molecule has 2 bridgehead atoms. The minimum absolute atomic E-state index is 0.0680. The summed E-state index contributed by atoms with van der Waals surface area (Å²) in [6, 6.07) is 0.635. The van der Waals surface area contributed by atoms with Crippen LogP contribution in [0.25, 0.3) is 0 Å². The Morgan fingerprint density at radius 3 is 2.74 bits per heavy atom. The Morgan fingerprint density at radius 2 is 2.15 bits per heavy atom. The van der Waals surface area contributed by atoms with Gasteiger partial charge < -0.3 is 20.3 Å². The summed E-state index contributed by atoms with van der Waals surface area (Å²) in [7, 11) is 1.73. The maximum atomic E-state index is 13.0. The predicted molar refractivity (Wildman–Crippen MR) is 93.3 cm³/mol. The number of nitrogens with one attached hydrogen (secondary N) is 1. The normalized spacial score (nSPS) is 36.0. The van der Waals surface area contributed by atoms with Crippen molar-refractivity contribution in [1.82, 2.24) is 19.8 Å². The number of aromatic nitrogens is 1. The molecule has 1 spiro atoms. The smallest absolute Gasteiger partial charge is 0.270 e. The van der Waals surface area contributed by atoms with Gasteiger partial charge in [0.1, 0.15) is 11.3 Å². The molecule has 2 amide bonds. The molecule has 146 valence electrons. The number of amides is 2. The second kappa shape index (κ2) is 5.61. The average Bonchev–Trinajstić information content (AvgIpc) is 2.76. The average molecular weight is 377 g/mol. The van der Waals surface area contributed by atoms with Gasteiger partial charge in [0.2, 0.25) is 0 Å². The number of nitrogens with two attached hydrogens (primary N) is 1. The Hall–Kier alpha value is -2.27. The number of hydroxylamine groups is 1. The van der Waals surface area contributed by atoms with Gasteiger partial charge in [-0.05, 0) is 33.7 Å². The van der Waals surface area contributed by atoms with Gasteiger partial charge in [0.15, 0.2) is 17.0 Å². The monoisotopic (exact) mass is 377 g/mol. The topological polar surface area (TPSA) is 130 Å². The summed E-state index contributed by atoms with van der Waals surface area (Å²) in [6.45, 7) is 3.83. The van der Waals surface area contributed by atoms with E-state index in [2.05, 4.69) is 5.48 Å². The van der Waals surface area contributed by atoms with Gasteiger partial charge in [0.05, 0.1) is 6.04 Å². The lowest BCUT2D eigenvalue weighted by molar-refractivity contribution is -0.149. The number of carbonyl (C=O) groups is 2. The number of fused-ring (bicyclic) bond motifs is 5. The molecule has 0 saturated carbocycles. The summed E-state index contributed by atoms with van der Waals surface area (Å²) in [5.74, 6) is -2.54. The highest BCUT2D eigenvalue weighted by Crippen LogP contribution is 2.46.